The number of alkyl halides is 3. The number of carboxylic acid groups (broad SMARTS) is 1. The Kier molecular flexibility index (Phi) is 7.27. The van der Waals surface area contributed by atoms with Crippen molar-refractivity contribution in [2.24, 2.45) is 0 Å². The van der Waals surface area contributed by atoms with Crippen molar-refractivity contribution >= 4 is 5.97 Å². The summed E-state index contributed by atoms with van der Waals surface area (Å²) < 4.78 is 48.4. The number of halogens is 3. The molecule has 0 amide bonds. The van der Waals surface area contributed by atoms with Crippen molar-refractivity contribution in [3.05, 3.63) is 47.5 Å². The fourth-order valence-electron chi connectivity index (χ4n) is 2.20. The highest BCUT2D eigenvalue weighted by molar-refractivity contribution is 5.76. The fraction of sp³-hybridized carbons (Fsp3) is 0.381. The van der Waals surface area contributed by atoms with E-state index in [-0.39, 0.29) is 0 Å². The zero-order valence-electron chi connectivity index (χ0n) is 16.7. The molecular weight excluding hydrogens is 401 g/mol. The van der Waals surface area contributed by atoms with Crippen LogP contribution < -0.4 is 9.47 Å². The summed E-state index contributed by atoms with van der Waals surface area (Å²) in [5.41, 5.74) is -0.299. The molecule has 9 heteroatoms. The molecular formula is C21H21F3N2O4. The third-order valence-electron chi connectivity index (χ3n) is 3.88. The van der Waals surface area contributed by atoms with E-state index in [1.54, 1.807) is 25.1 Å². The first-order valence-electron chi connectivity index (χ1n) is 9.03. The van der Waals surface area contributed by atoms with E-state index in [1.807, 2.05) is 0 Å². The SMILES string of the molecule is Cc1cc(OCCCC#Cc2cnc(C(F)(F)F)nc2)ccc1OC(C)(C)C(=O)O. The first-order valence-corrected chi connectivity index (χ1v) is 9.03. The van der Waals surface area contributed by atoms with Crippen LogP contribution in [0, 0.1) is 18.8 Å². The molecule has 0 saturated carbocycles. The van der Waals surface area contributed by atoms with Crippen LogP contribution in [0.15, 0.2) is 30.6 Å². The molecule has 6 nitrogen and oxygen atoms in total. The van der Waals surface area contributed by atoms with Crippen molar-refractivity contribution in [2.75, 3.05) is 6.61 Å². The number of rotatable bonds is 7. The summed E-state index contributed by atoms with van der Waals surface area (Å²) in [6.45, 7) is 5.12. The van der Waals surface area contributed by atoms with E-state index in [0.717, 1.165) is 18.0 Å². The lowest BCUT2D eigenvalue weighted by atomic mass is 10.1. The standard InChI is InChI=1S/C21H21F3N2O4/c1-14-11-16(8-9-17(14)30-20(2,3)19(27)28)29-10-6-4-5-7-15-12-25-18(26-13-15)21(22,23)24/h8-9,11-13H,4,6,10H2,1-3H3,(H,27,28). The van der Waals surface area contributed by atoms with E-state index in [0.29, 0.717) is 36.5 Å². The van der Waals surface area contributed by atoms with Gasteiger partial charge >= 0.3 is 12.1 Å². The van der Waals surface area contributed by atoms with Crippen LogP contribution in [0.4, 0.5) is 13.2 Å². The van der Waals surface area contributed by atoms with Crippen molar-refractivity contribution < 1.29 is 32.5 Å². The van der Waals surface area contributed by atoms with Gasteiger partial charge in [-0.1, -0.05) is 11.8 Å². The first kappa shape index (κ1) is 23.0. The second-order valence-corrected chi connectivity index (χ2v) is 6.89. The number of aliphatic carboxylic acids is 1. The van der Waals surface area contributed by atoms with E-state index in [2.05, 4.69) is 21.8 Å². The lowest BCUT2D eigenvalue weighted by Crippen LogP contribution is -2.38. The zero-order valence-corrected chi connectivity index (χ0v) is 16.7. The number of unbranched alkanes of at least 4 members (excludes halogenated alkanes) is 1. The predicted molar refractivity (Wildman–Crippen MR) is 102 cm³/mol. The Morgan fingerprint density at radius 2 is 1.87 bits per heavy atom. The average Bonchev–Trinajstić information content (AvgIpc) is 2.66. The van der Waals surface area contributed by atoms with Gasteiger partial charge in [-0.25, -0.2) is 14.8 Å². The van der Waals surface area contributed by atoms with Crippen molar-refractivity contribution in [3.8, 4) is 23.3 Å². The number of aromatic nitrogens is 2. The number of carbonyl (C=O) groups is 1. The molecule has 1 aromatic heterocycles. The van der Waals surface area contributed by atoms with Gasteiger partial charge in [-0.05, 0) is 51.0 Å². The lowest BCUT2D eigenvalue weighted by molar-refractivity contribution is -0.152. The minimum absolute atomic E-state index is 0.305. The minimum atomic E-state index is -4.57. The molecule has 0 aliphatic heterocycles. The summed E-state index contributed by atoms with van der Waals surface area (Å²) in [5.74, 6) is 4.35. The van der Waals surface area contributed by atoms with Gasteiger partial charge in [0.25, 0.3) is 0 Å². The highest BCUT2D eigenvalue weighted by atomic mass is 19.4. The number of nitrogens with zero attached hydrogens (tertiary/aromatic N) is 2. The monoisotopic (exact) mass is 422 g/mol. The van der Waals surface area contributed by atoms with Gasteiger partial charge < -0.3 is 14.6 Å². The Labute approximate surface area is 172 Å². The summed E-state index contributed by atoms with van der Waals surface area (Å²) in [6.07, 6.45) is -1.40. The van der Waals surface area contributed by atoms with Gasteiger partial charge in [0.2, 0.25) is 5.82 Å². The van der Waals surface area contributed by atoms with Crippen LogP contribution in [-0.2, 0) is 11.0 Å². The largest absolute Gasteiger partial charge is 0.494 e. The molecule has 2 aromatic rings. The molecule has 1 N–H and O–H groups in total. The van der Waals surface area contributed by atoms with Gasteiger partial charge in [-0.15, -0.1) is 0 Å². The molecule has 1 heterocycles. The summed E-state index contributed by atoms with van der Waals surface area (Å²) >= 11 is 0. The maximum absolute atomic E-state index is 12.4. The average molecular weight is 422 g/mol. The number of ether oxygens (including phenoxy) is 2. The highest BCUT2D eigenvalue weighted by Crippen LogP contribution is 2.27. The van der Waals surface area contributed by atoms with Crippen LogP contribution in [-0.4, -0.2) is 33.3 Å². The van der Waals surface area contributed by atoms with E-state index >= 15 is 0 Å². The van der Waals surface area contributed by atoms with E-state index in [9.17, 15) is 18.0 Å². The van der Waals surface area contributed by atoms with Crippen molar-refractivity contribution in [1.82, 2.24) is 9.97 Å². The normalized spacial score (nSPS) is 11.4. The molecule has 0 radical (unpaired) electrons. The van der Waals surface area contributed by atoms with Crippen LogP contribution in [0.3, 0.4) is 0 Å². The molecule has 160 valence electrons. The van der Waals surface area contributed by atoms with E-state index in [1.165, 1.54) is 13.8 Å². The maximum atomic E-state index is 12.4. The van der Waals surface area contributed by atoms with Gasteiger partial charge in [-0.2, -0.15) is 13.2 Å². The zero-order chi connectivity index (χ0) is 22.4. The number of hydrogen-bond donors (Lipinski definition) is 1. The first-order chi connectivity index (χ1) is 14.0. The summed E-state index contributed by atoms with van der Waals surface area (Å²) in [5, 5.41) is 9.14. The molecule has 0 bridgehead atoms. The maximum Gasteiger partial charge on any atom is 0.451 e. The number of carboxylic acids is 1. The Morgan fingerprint density at radius 1 is 1.20 bits per heavy atom. The van der Waals surface area contributed by atoms with E-state index < -0.39 is 23.6 Å². The van der Waals surface area contributed by atoms with Gasteiger partial charge in [0.05, 0.1) is 12.2 Å². The molecule has 0 atom stereocenters. The molecule has 0 aliphatic carbocycles. The van der Waals surface area contributed by atoms with Gasteiger partial charge in [-0.3, -0.25) is 0 Å². The van der Waals surface area contributed by atoms with Crippen LogP contribution in [0.1, 0.15) is 43.6 Å². The van der Waals surface area contributed by atoms with Crippen molar-refractivity contribution in [3.63, 3.8) is 0 Å². The molecule has 0 aliphatic rings. The Balaban J connectivity index is 1.81. The second-order valence-electron chi connectivity index (χ2n) is 6.89. The molecule has 0 unspecified atom stereocenters. The Bertz CT molecular complexity index is 945. The summed E-state index contributed by atoms with van der Waals surface area (Å²) in [6, 6.07) is 5.09. The van der Waals surface area contributed by atoms with Crippen molar-refractivity contribution in [1.29, 1.82) is 0 Å². The number of hydrogen-bond acceptors (Lipinski definition) is 5. The third kappa shape index (κ3) is 6.65. The van der Waals surface area contributed by atoms with E-state index in [4.69, 9.17) is 14.6 Å². The predicted octanol–water partition coefficient (Wildman–Crippen LogP) is 4.26. The quantitative estimate of drug-likeness (QED) is 0.531. The molecule has 1 aromatic carbocycles. The number of benzene rings is 1. The molecule has 0 saturated heterocycles. The Morgan fingerprint density at radius 3 is 2.43 bits per heavy atom. The van der Waals surface area contributed by atoms with Crippen LogP contribution in [0.2, 0.25) is 0 Å². The molecule has 2 rings (SSSR count). The fourth-order valence-corrected chi connectivity index (χ4v) is 2.20. The Hall–Kier alpha value is -3.28. The minimum Gasteiger partial charge on any atom is -0.494 e. The summed E-state index contributed by atoms with van der Waals surface area (Å²) in [7, 11) is 0. The summed E-state index contributed by atoms with van der Waals surface area (Å²) in [4.78, 5) is 17.7. The molecule has 30 heavy (non-hydrogen) atoms. The second kappa shape index (κ2) is 9.48. The highest BCUT2D eigenvalue weighted by Gasteiger charge is 2.34. The third-order valence-corrected chi connectivity index (χ3v) is 3.88. The van der Waals surface area contributed by atoms with Crippen LogP contribution in [0.25, 0.3) is 0 Å². The smallest absolute Gasteiger partial charge is 0.451 e. The number of aryl methyl sites for hydroxylation is 1. The van der Waals surface area contributed by atoms with Crippen molar-refractivity contribution in [2.45, 2.75) is 45.4 Å². The van der Waals surface area contributed by atoms with Gasteiger partial charge in [0, 0.05) is 18.8 Å². The van der Waals surface area contributed by atoms with Gasteiger partial charge in [0.15, 0.2) is 5.60 Å². The van der Waals surface area contributed by atoms with Gasteiger partial charge in [0.1, 0.15) is 11.5 Å². The molecule has 0 fully saturated rings. The van der Waals surface area contributed by atoms with Crippen LogP contribution in [0.5, 0.6) is 11.5 Å². The topological polar surface area (TPSA) is 81.5 Å². The van der Waals surface area contributed by atoms with Crippen LogP contribution >= 0.6 is 0 Å². The lowest BCUT2D eigenvalue weighted by Gasteiger charge is -2.23. The molecule has 0 spiro atoms.